The van der Waals surface area contributed by atoms with E-state index in [9.17, 15) is 13.6 Å². The van der Waals surface area contributed by atoms with Crippen LogP contribution in [-0.2, 0) is 13.0 Å². The van der Waals surface area contributed by atoms with E-state index < -0.39 is 11.6 Å². The molecule has 5 aromatic rings. The van der Waals surface area contributed by atoms with Crippen LogP contribution in [0.5, 0.6) is 0 Å². The highest BCUT2D eigenvalue weighted by Gasteiger charge is 2.22. The van der Waals surface area contributed by atoms with Crippen molar-refractivity contribution >= 4 is 5.78 Å². The number of fused-ring (bicyclic) bond motifs is 1. The molecule has 0 radical (unpaired) electrons. The van der Waals surface area contributed by atoms with Crippen molar-refractivity contribution in [3.8, 4) is 11.3 Å². The average Bonchev–Trinajstić information content (AvgIpc) is 3.19. The fraction of sp³-hybridized carbons (Fsp3) is 0.143. The van der Waals surface area contributed by atoms with Crippen LogP contribution in [0.25, 0.3) is 17.0 Å². The maximum atomic E-state index is 14.6. The number of hydrogen-bond acceptors (Lipinski definition) is 2. The zero-order valence-corrected chi connectivity index (χ0v) is 18.9. The van der Waals surface area contributed by atoms with Crippen LogP contribution >= 0.6 is 0 Å². The minimum atomic E-state index is -0.632. The Morgan fingerprint density at radius 3 is 2.03 bits per heavy atom. The number of aryl methyl sites for hydroxylation is 1. The van der Waals surface area contributed by atoms with Crippen LogP contribution in [0.1, 0.15) is 28.1 Å². The van der Waals surface area contributed by atoms with E-state index in [0.29, 0.717) is 34.8 Å². The first-order valence-electron chi connectivity index (χ1n) is 11.1. The molecule has 0 aliphatic heterocycles. The number of imidazole rings is 1. The van der Waals surface area contributed by atoms with Gasteiger partial charge < -0.3 is 4.57 Å². The largest absolute Gasteiger partial charge is 0.311 e. The summed E-state index contributed by atoms with van der Waals surface area (Å²) >= 11 is 0. The molecule has 0 fully saturated rings. The molecule has 0 amide bonds. The smallest absolute Gasteiger partial charge is 0.263 e. The summed E-state index contributed by atoms with van der Waals surface area (Å²) in [5, 5.41) is 0. The summed E-state index contributed by atoms with van der Waals surface area (Å²) in [5.41, 5.74) is 4.15. The second-order valence-corrected chi connectivity index (χ2v) is 8.37. The Morgan fingerprint density at radius 1 is 0.765 bits per heavy atom. The third kappa shape index (κ3) is 3.71. The van der Waals surface area contributed by atoms with E-state index in [-0.39, 0.29) is 17.7 Å². The van der Waals surface area contributed by atoms with Crippen molar-refractivity contribution in [3.63, 3.8) is 0 Å². The third-order valence-corrected chi connectivity index (χ3v) is 6.28. The van der Waals surface area contributed by atoms with Crippen molar-refractivity contribution in [1.82, 2.24) is 14.0 Å². The molecule has 2 heterocycles. The highest BCUT2D eigenvalue weighted by molar-refractivity contribution is 5.65. The molecule has 4 nitrogen and oxygen atoms in total. The Balaban J connectivity index is 1.80. The normalized spacial score (nSPS) is 11.3. The Morgan fingerprint density at radius 2 is 1.38 bits per heavy atom. The summed E-state index contributed by atoms with van der Waals surface area (Å²) in [4.78, 5) is 18.5. The lowest BCUT2D eigenvalue weighted by Crippen LogP contribution is -2.27. The third-order valence-electron chi connectivity index (χ3n) is 6.28. The Labute approximate surface area is 195 Å². The van der Waals surface area contributed by atoms with Gasteiger partial charge in [0.2, 0.25) is 5.78 Å². The van der Waals surface area contributed by atoms with Gasteiger partial charge in [-0.15, -0.1) is 0 Å². The number of rotatable bonds is 5. The van der Waals surface area contributed by atoms with Crippen molar-refractivity contribution in [1.29, 1.82) is 0 Å². The molecule has 3 aromatic carbocycles. The molecule has 0 saturated carbocycles. The zero-order valence-electron chi connectivity index (χ0n) is 18.9. The topological polar surface area (TPSA) is 39.3 Å². The standard InChI is InChI=1S/C28H23F2N3O/c1-18-22(16-20-10-5-3-6-11-20)27(34)33-19(2)26(21-12-7-4-8-13-21)31-28(33)32(18)17-23-24(29)14-9-15-25(23)30/h3-15H,16-17H2,1-2H3. The highest BCUT2D eigenvalue weighted by atomic mass is 19.1. The van der Waals surface area contributed by atoms with E-state index >= 15 is 0 Å². The lowest BCUT2D eigenvalue weighted by atomic mass is 10.0. The molecule has 0 spiro atoms. The maximum Gasteiger partial charge on any atom is 0.263 e. The van der Waals surface area contributed by atoms with Crippen LogP contribution in [0.2, 0.25) is 0 Å². The van der Waals surface area contributed by atoms with Crippen LogP contribution in [0.3, 0.4) is 0 Å². The summed E-state index contributed by atoms with van der Waals surface area (Å²) in [7, 11) is 0. The molecule has 0 unspecified atom stereocenters. The van der Waals surface area contributed by atoms with Gasteiger partial charge in [-0.3, -0.25) is 4.79 Å². The minimum Gasteiger partial charge on any atom is -0.311 e. The molecular formula is C28H23F2N3O. The van der Waals surface area contributed by atoms with Gasteiger partial charge in [-0.1, -0.05) is 66.7 Å². The van der Waals surface area contributed by atoms with Gasteiger partial charge in [0.25, 0.3) is 5.56 Å². The molecule has 5 rings (SSSR count). The van der Waals surface area contributed by atoms with Crippen LogP contribution < -0.4 is 5.56 Å². The van der Waals surface area contributed by atoms with Crippen molar-refractivity contribution in [2.75, 3.05) is 0 Å². The van der Waals surface area contributed by atoms with Gasteiger partial charge in [0.1, 0.15) is 11.6 Å². The molecule has 2 aromatic heterocycles. The maximum absolute atomic E-state index is 14.6. The number of benzene rings is 3. The molecule has 6 heteroatoms. The van der Waals surface area contributed by atoms with E-state index in [1.807, 2.05) is 74.5 Å². The van der Waals surface area contributed by atoms with Crippen LogP contribution in [0, 0.1) is 25.5 Å². The predicted molar refractivity (Wildman–Crippen MR) is 129 cm³/mol. The molecule has 0 N–H and O–H groups in total. The monoisotopic (exact) mass is 455 g/mol. The Kier molecular flexibility index (Phi) is 5.57. The average molecular weight is 456 g/mol. The molecule has 0 saturated heterocycles. The summed E-state index contributed by atoms with van der Waals surface area (Å²) < 4.78 is 32.5. The van der Waals surface area contributed by atoms with E-state index in [2.05, 4.69) is 0 Å². The van der Waals surface area contributed by atoms with Crippen molar-refractivity contribution in [2.24, 2.45) is 0 Å². The molecule has 0 bridgehead atoms. The summed E-state index contributed by atoms with van der Waals surface area (Å²) in [5.74, 6) is -0.904. The van der Waals surface area contributed by atoms with Gasteiger partial charge in [-0.05, 0) is 31.5 Å². The lowest BCUT2D eigenvalue weighted by Gasteiger charge is -2.17. The van der Waals surface area contributed by atoms with Crippen LogP contribution in [-0.4, -0.2) is 14.0 Å². The second kappa shape index (κ2) is 8.71. The SMILES string of the molecule is Cc1c(Cc2ccccc2)c(=O)n2c(C)c(-c3ccccc3)nc2n1Cc1c(F)cccc1F. The molecular weight excluding hydrogens is 432 g/mol. The Bertz CT molecular complexity index is 1530. The second-order valence-electron chi connectivity index (χ2n) is 8.37. The number of nitrogens with zero attached hydrogens (tertiary/aromatic N) is 3. The van der Waals surface area contributed by atoms with Gasteiger partial charge >= 0.3 is 0 Å². The van der Waals surface area contributed by atoms with E-state index in [4.69, 9.17) is 4.98 Å². The van der Waals surface area contributed by atoms with E-state index in [1.54, 1.807) is 8.97 Å². The summed E-state index contributed by atoms with van der Waals surface area (Å²) in [6.45, 7) is 3.57. The molecule has 0 aliphatic rings. The minimum absolute atomic E-state index is 0.0660. The van der Waals surface area contributed by atoms with Crippen molar-refractivity contribution in [2.45, 2.75) is 26.8 Å². The van der Waals surface area contributed by atoms with Crippen LogP contribution in [0.15, 0.2) is 83.7 Å². The predicted octanol–water partition coefficient (Wildman–Crippen LogP) is 5.70. The molecule has 0 atom stereocenters. The van der Waals surface area contributed by atoms with E-state index in [1.165, 1.54) is 18.2 Å². The first-order valence-corrected chi connectivity index (χ1v) is 11.1. The fourth-order valence-corrected chi connectivity index (χ4v) is 4.42. The molecule has 0 aliphatic carbocycles. The van der Waals surface area contributed by atoms with E-state index in [0.717, 1.165) is 11.1 Å². The van der Waals surface area contributed by atoms with Gasteiger partial charge in [0.15, 0.2) is 0 Å². The Hall–Kier alpha value is -4.06. The van der Waals surface area contributed by atoms with Gasteiger partial charge in [0.05, 0.1) is 17.9 Å². The molecule has 170 valence electrons. The zero-order chi connectivity index (χ0) is 23.8. The number of aromatic nitrogens is 3. The van der Waals surface area contributed by atoms with Gasteiger partial charge in [-0.2, -0.15) is 0 Å². The van der Waals surface area contributed by atoms with Gasteiger partial charge in [-0.25, -0.2) is 18.2 Å². The number of hydrogen-bond donors (Lipinski definition) is 0. The lowest BCUT2D eigenvalue weighted by molar-refractivity contribution is 0.542. The quantitative estimate of drug-likeness (QED) is 0.341. The van der Waals surface area contributed by atoms with Crippen molar-refractivity contribution in [3.05, 3.63) is 129 Å². The molecule has 34 heavy (non-hydrogen) atoms. The first-order chi connectivity index (χ1) is 16.5. The van der Waals surface area contributed by atoms with Crippen molar-refractivity contribution < 1.29 is 8.78 Å². The van der Waals surface area contributed by atoms with Gasteiger partial charge in [0, 0.05) is 28.8 Å². The highest BCUT2D eigenvalue weighted by Crippen LogP contribution is 2.26. The van der Waals surface area contributed by atoms with Crippen LogP contribution in [0.4, 0.5) is 8.78 Å². The summed E-state index contributed by atoms with van der Waals surface area (Å²) in [6, 6.07) is 23.1. The fourth-order valence-electron chi connectivity index (χ4n) is 4.42. The number of halogens is 2. The summed E-state index contributed by atoms with van der Waals surface area (Å²) in [6.07, 6.45) is 0.402. The first kappa shape index (κ1) is 21.8.